The molecule has 0 heterocycles. The number of hydrogen-bond acceptors (Lipinski definition) is 5. The maximum absolute atomic E-state index is 11.6. The summed E-state index contributed by atoms with van der Waals surface area (Å²) in [5, 5.41) is 13.1. The Kier molecular flexibility index (Phi) is 5.19. The van der Waals surface area contributed by atoms with Gasteiger partial charge in [0.2, 0.25) is 0 Å². The van der Waals surface area contributed by atoms with Gasteiger partial charge in [0.15, 0.2) is 6.61 Å². The number of nitro groups is 1. The lowest BCUT2D eigenvalue weighted by Crippen LogP contribution is -2.23. The van der Waals surface area contributed by atoms with E-state index in [-0.39, 0.29) is 18.2 Å². The van der Waals surface area contributed by atoms with E-state index in [1.54, 1.807) is 20.8 Å². The molecule has 0 atom stereocenters. The summed E-state index contributed by atoms with van der Waals surface area (Å²) in [5.41, 5.74) is 0.954. The van der Waals surface area contributed by atoms with Gasteiger partial charge in [-0.25, -0.2) is 0 Å². The van der Waals surface area contributed by atoms with Crippen molar-refractivity contribution in [3.8, 4) is 0 Å². The number of benzene rings is 1. The fraction of sp³-hybridized carbons (Fsp3) is 0.385. The predicted molar refractivity (Wildman–Crippen MR) is 72.3 cm³/mol. The van der Waals surface area contributed by atoms with E-state index in [0.29, 0.717) is 11.3 Å². The number of esters is 1. The third kappa shape index (κ3) is 4.34. The second-order valence-corrected chi connectivity index (χ2v) is 4.57. The molecule has 0 spiro atoms. The van der Waals surface area contributed by atoms with E-state index in [1.807, 2.05) is 0 Å². The Morgan fingerprint density at radius 2 is 2.05 bits per heavy atom. The molecule has 108 valence electrons. The third-order valence-corrected chi connectivity index (χ3v) is 2.51. The van der Waals surface area contributed by atoms with Gasteiger partial charge >= 0.3 is 5.97 Å². The fourth-order valence-electron chi connectivity index (χ4n) is 1.39. The third-order valence-electron chi connectivity index (χ3n) is 2.51. The lowest BCUT2D eigenvalue weighted by Gasteiger charge is -2.09. The van der Waals surface area contributed by atoms with Crippen LogP contribution in [0.2, 0.25) is 0 Å². The van der Waals surface area contributed by atoms with E-state index in [0.717, 1.165) is 0 Å². The van der Waals surface area contributed by atoms with Gasteiger partial charge in [0.25, 0.3) is 11.6 Å². The van der Waals surface area contributed by atoms with Gasteiger partial charge in [-0.05, 0) is 18.6 Å². The highest BCUT2D eigenvalue weighted by Gasteiger charge is 2.13. The van der Waals surface area contributed by atoms with Crippen LogP contribution in [-0.2, 0) is 14.3 Å². The zero-order chi connectivity index (χ0) is 15.3. The molecule has 0 aromatic heterocycles. The number of carbonyl (C=O) groups excluding carboxylic acids is 2. The number of ether oxygens (including phenoxy) is 1. The Labute approximate surface area is 116 Å². The van der Waals surface area contributed by atoms with E-state index in [1.165, 1.54) is 18.2 Å². The molecule has 1 N–H and O–H groups in total. The van der Waals surface area contributed by atoms with Crippen LogP contribution >= 0.6 is 0 Å². The summed E-state index contributed by atoms with van der Waals surface area (Å²) in [5.74, 6) is -1.25. The van der Waals surface area contributed by atoms with Gasteiger partial charge < -0.3 is 10.1 Å². The highest BCUT2D eigenvalue weighted by Crippen LogP contribution is 2.21. The second-order valence-electron chi connectivity index (χ2n) is 4.57. The molecule has 7 heteroatoms. The normalized spacial score (nSPS) is 10.2. The SMILES string of the molecule is Cc1cc([N+](=O)[O-])ccc1NC(=O)COC(=O)C(C)C. The van der Waals surface area contributed by atoms with Gasteiger partial charge in [0.05, 0.1) is 10.8 Å². The maximum atomic E-state index is 11.6. The van der Waals surface area contributed by atoms with Crippen LogP contribution in [0.3, 0.4) is 0 Å². The molecule has 7 nitrogen and oxygen atoms in total. The lowest BCUT2D eigenvalue weighted by molar-refractivity contribution is -0.384. The van der Waals surface area contributed by atoms with Gasteiger partial charge in [0, 0.05) is 17.8 Å². The Morgan fingerprint density at radius 1 is 1.40 bits per heavy atom. The van der Waals surface area contributed by atoms with E-state index < -0.39 is 16.8 Å². The first-order valence-electron chi connectivity index (χ1n) is 6.02. The van der Waals surface area contributed by atoms with Crippen LogP contribution in [0.5, 0.6) is 0 Å². The Balaban J connectivity index is 2.62. The van der Waals surface area contributed by atoms with E-state index in [4.69, 9.17) is 4.74 Å². The van der Waals surface area contributed by atoms with Crippen molar-refractivity contribution in [3.63, 3.8) is 0 Å². The molecular formula is C13H16N2O5. The molecule has 0 unspecified atom stereocenters. The van der Waals surface area contributed by atoms with Gasteiger partial charge in [-0.3, -0.25) is 19.7 Å². The predicted octanol–water partition coefficient (Wildman–Crippen LogP) is 2.04. The van der Waals surface area contributed by atoms with Crippen molar-refractivity contribution in [2.45, 2.75) is 20.8 Å². The number of nitrogens with one attached hydrogen (secondary N) is 1. The van der Waals surface area contributed by atoms with Crippen molar-refractivity contribution in [3.05, 3.63) is 33.9 Å². The fourth-order valence-corrected chi connectivity index (χ4v) is 1.39. The minimum Gasteiger partial charge on any atom is -0.455 e. The number of carbonyl (C=O) groups is 2. The molecule has 0 radical (unpaired) electrons. The molecule has 1 aromatic rings. The number of aryl methyl sites for hydroxylation is 1. The molecule has 0 aliphatic heterocycles. The molecule has 0 aliphatic carbocycles. The number of nitro benzene ring substituents is 1. The van der Waals surface area contributed by atoms with Crippen molar-refractivity contribution in [2.75, 3.05) is 11.9 Å². The summed E-state index contributed by atoms with van der Waals surface area (Å²) < 4.78 is 4.78. The number of amides is 1. The summed E-state index contributed by atoms with van der Waals surface area (Å²) in [6.07, 6.45) is 0. The van der Waals surface area contributed by atoms with Gasteiger partial charge in [0.1, 0.15) is 0 Å². The number of rotatable bonds is 5. The van der Waals surface area contributed by atoms with Gasteiger partial charge in [-0.15, -0.1) is 0 Å². The monoisotopic (exact) mass is 280 g/mol. The first-order valence-corrected chi connectivity index (χ1v) is 6.02. The highest BCUT2D eigenvalue weighted by molar-refractivity contribution is 5.93. The number of non-ortho nitro benzene ring substituents is 1. The first kappa shape index (κ1) is 15.6. The summed E-state index contributed by atoms with van der Waals surface area (Å²) in [7, 11) is 0. The van der Waals surface area contributed by atoms with Crippen LogP contribution in [0, 0.1) is 23.0 Å². The number of hydrogen-bond donors (Lipinski definition) is 1. The molecular weight excluding hydrogens is 264 g/mol. The summed E-state index contributed by atoms with van der Waals surface area (Å²) in [4.78, 5) is 32.9. The maximum Gasteiger partial charge on any atom is 0.308 e. The summed E-state index contributed by atoms with van der Waals surface area (Å²) in [6.45, 7) is 4.59. The summed E-state index contributed by atoms with van der Waals surface area (Å²) >= 11 is 0. The van der Waals surface area contributed by atoms with Crippen LogP contribution < -0.4 is 5.32 Å². The van der Waals surface area contributed by atoms with E-state index in [9.17, 15) is 19.7 Å². The highest BCUT2D eigenvalue weighted by atomic mass is 16.6. The largest absolute Gasteiger partial charge is 0.455 e. The molecule has 0 saturated carbocycles. The smallest absolute Gasteiger partial charge is 0.308 e. The van der Waals surface area contributed by atoms with Crippen LogP contribution in [0.25, 0.3) is 0 Å². The van der Waals surface area contributed by atoms with E-state index >= 15 is 0 Å². The zero-order valence-corrected chi connectivity index (χ0v) is 11.5. The van der Waals surface area contributed by atoms with Crippen molar-refractivity contribution in [1.82, 2.24) is 0 Å². The average Bonchev–Trinajstić information content (AvgIpc) is 2.37. The molecule has 1 rings (SSSR count). The van der Waals surface area contributed by atoms with Crippen LogP contribution in [0.4, 0.5) is 11.4 Å². The number of nitrogens with zero attached hydrogens (tertiary/aromatic N) is 1. The van der Waals surface area contributed by atoms with Gasteiger partial charge in [-0.2, -0.15) is 0 Å². The van der Waals surface area contributed by atoms with Crippen molar-refractivity contribution < 1.29 is 19.2 Å². The molecule has 1 aromatic carbocycles. The van der Waals surface area contributed by atoms with Gasteiger partial charge in [-0.1, -0.05) is 13.8 Å². The molecule has 1 amide bonds. The van der Waals surface area contributed by atoms with E-state index in [2.05, 4.69) is 5.32 Å². The summed E-state index contributed by atoms with van der Waals surface area (Å²) in [6, 6.07) is 4.09. The Bertz CT molecular complexity index is 540. The van der Waals surface area contributed by atoms with Crippen molar-refractivity contribution >= 4 is 23.3 Å². The second kappa shape index (κ2) is 6.65. The molecule has 20 heavy (non-hydrogen) atoms. The standard InChI is InChI=1S/C13H16N2O5/c1-8(2)13(17)20-7-12(16)14-11-5-4-10(15(18)19)6-9(11)3/h4-6,8H,7H2,1-3H3,(H,14,16). The van der Waals surface area contributed by atoms with Crippen molar-refractivity contribution in [2.24, 2.45) is 5.92 Å². The minimum absolute atomic E-state index is 0.0493. The van der Waals surface area contributed by atoms with Crippen LogP contribution in [-0.4, -0.2) is 23.4 Å². The Morgan fingerprint density at radius 3 is 2.55 bits per heavy atom. The molecule has 0 fully saturated rings. The molecule has 0 aliphatic rings. The molecule has 0 saturated heterocycles. The lowest BCUT2D eigenvalue weighted by atomic mass is 10.2. The molecule has 0 bridgehead atoms. The minimum atomic E-state index is -0.511. The van der Waals surface area contributed by atoms with Crippen molar-refractivity contribution in [1.29, 1.82) is 0 Å². The first-order chi connectivity index (χ1) is 9.31. The average molecular weight is 280 g/mol. The number of anilines is 1. The Hall–Kier alpha value is -2.44. The van der Waals surface area contributed by atoms with Crippen LogP contribution in [0.15, 0.2) is 18.2 Å². The quantitative estimate of drug-likeness (QED) is 0.505. The topological polar surface area (TPSA) is 98.5 Å². The zero-order valence-electron chi connectivity index (χ0n) is 11.5. The van der Waals surface area contributed by atoms with Crippen LogP contribution in [0.1, 0.15) is 19.4 Å².